The lowest BCUT2D eigenvalue weighted by atomic mass is 10.1. The van der Waals surface area contributed by atoms with E-state index >= 15 is 0 Å². The van der Waals surface area contributed by atoms with E-state index in [2.05, 4.69) is 106 Å². The van der Waals surface area contributed by atoms with Gasteiger partial charge in [-0.1, -0.05) is 48.5 Å². The van der Waals surface area contributed by atoms with Crippen LogP contribution in [0.3, 0.4) is 0 Å². The molecule has 3 aromatic heterocycles. The lowest BCUT2D eigenvalue weighted by molar-refractivity contribution is 0.669. The van der Waals surface area contributed by atoms with Crippen LogP contribution < -0.4 is 0 Å². The Morgan fingerprint density at radius 1 is 0.424 bits per heavy atom. The normalized spacial score (nSPS) is 12.2. The fraction of sp³-hybridized carbons (Fsp3) is 0. The highest BCUT2D eigenvalue weighted by Gasteiger charge is 2.22. The number of aromatic nitrogens is 2. The maximum absolute atomic E-state index is 6.08. The first-order valence-electron chi connectivity index (χ1n) is 11.2. The van der Waals surface area contributed by atoms with Crippen LogP contribution in [-0.4, -0.2) is 9.13 Å². The molecule has 0 aliphatic heterocycles. The Bertz CT molecular complexity index is 1900. The number of benzene rings is 5. The molecule has 0 unspecified atom stereocenters. The largest absolute Gasteiger partial charge is 0.456 e. The summed E-state index contributed by atoms with van der Waals surface area (Å²) < 4.78 is 10.8. The molecule has 0 saturated heterocycles. The van der Waals surface area contributed by atoms with Gasteiger partial charge in [0, 0.05) is 32.9 Å². The molecule has 3 heteroatoms. The zero-order chi connectivity index (χ0) is 21.5. The predicted molar refractivity (Wildman–Crippen MR) is 136 cm³/mol. The quantitative estimate of drug-likeness (QED) is 0.276. The van der Waals surface area contributed by atoms with Crippen molar-refractivity contribution < 1.29 is 4.42 Å². The van der Waals surface area contributed by atoms with Crippen molar-refractivity contribution in [2.45, 2.75) is 0 Å². The van der Waals surface area contributed by atoms with Gasteiger partial charge in [0.05, 0.1) is 22.1 Å². The number of furan rings is 1. The second kappa shape index (κ2) is 6.05. The summed E-state index contributed by atoms with van der Waals surface area (Å²) >= 11 is 0. The number of nitrogens with zero attached hydrogens (tertiary/aromatic N) is 2. The fourth-order valence-electron chi connectivity index (χ4n) is 5.56. The smallest absolute Gasteiger partial charge is 0.135 e. The van der Waals surface area contributed by atoms with E-state index in [1.165, 1.54) is 38.5 Å². The molecule has 8 rings (SSSR count). The van der Waals surface area contributed by atoms with Gasteiger partial charge in [-0.05, 0) is 60.7 Å². The molecule has 5 aromatic carbocycles. The first-order valence-corrected chi connectivity index (χ1v) is 11.2. The Morgan fingerprint density at radius 3 is 1.70 bits per heavy atom. The highest BCUT2D eigenvalue weighted by atomic mass is 16.3. The second-order valence-electron chi connectivity index (χ2n) is 8.63. The minimum absolute atomic E-state index is 0.921. The third kappa shape index (κ3) is 2.14. The molecule has 0 bridgehead atoms. The minimum atomic E-state index is 0.921. The summed E-state index contributed by atoms with van der Waals surface area (Å²) in [5.41, 5.74) is 9.10. The molecule has 33 heavy (non-hydrogen) atoms. The zero-order valence-electron chi connectivity index (χ0n) is 17.7. The van der Waals surface area contributed by atoms with Crippen LogP contribution in [0.2, 0.25) is 0 Å². The van der Waals surface area contributed by atoms with Crippen LogP contribution in [0.15, 0.2) is 114 Å². The number of fused-ring (bicyclic) bond motifs is 3. The molecule has 154 valence electrons. The molecule has 3 heterocycles. The topological polar surface area (TPSA) is 23.0 Å². The average Bonchev–Trinajstić information content (AvgIpc) is 3.52. The van der Waals surface area contributed by atoms with Gasteiger partial charge in [0.15, 0.2) is 0 Å². The van der Waals surface area contributed by atoms with Crippen molar-refractivity contribution >= 4 is 54.8 Å². The molecule has 3 nitrogen and oxygen atoms in total. The number of rotatable bonds is 2. The van der Waals surface area contributed by atoms with Crippen LogP contribution >= 0.6 is 0 Å². The van der Waals surface area contributed by atoms with E-state index in [0.717, 1.165) is 27.6 Å². The van der Waals surface area contributed by atoms with Crippen LogP contribution in [0.5, 0.6) is 0 Å². The third-order valence-corrected chi connectivity index (χ3v) is 6.89. The lowest BCUT2D eigenvalue weighted by Gasteiger charge is -2.12. The van der Waals surface area contributed by atoms with Crippen LogP contribution in [0, 0.1) is 0 Å². The SMILES string of the molecule is c1ccc(-n2c3cccc4c3c3c2cccc3n4-c2ccc3oc4ccccc4c3c2)cc1. The molecule has 0 aliphatic rings. The zero-order valence-corrected chi connectivity index (χ0v) is 17.7. The van der Waals surface area contributed by atoms with E-state index in [-0.39, 0.29) is 0 Å². The summed E-state index contributed by atoms with van der Waals surface area (Å²) in [5.74, 6) is 0. The van der Waals surface area contributed by atoms with Crippen molar-refractivity contribution in [1.82, 2.24) is 9.13 Å². The molecule has 0 spiro atoms. The number of para-hydroxylation sites is 2. The lowest BCUT2D eigenvalue weighted by Crippen LogP contribution is -1.97. The first-order chi connectivity index (χ1) is 16.4. The molecule has 0 aliphatic carbocycles. The van der Waals surface area contributed by atoms with E-state index in [4.69, 9.17) is 4.42 Å². The van der Waals surface area contributed by atoms with Crippen LogP contribution in [-0.2, 0) is 0 Å². The summed E-state index contributed by atoms with van der Waals surface area (Å²) in [4.78, 5) is 0. The standard InChI is InChI=1S/C30H18N2O/c1-2-8-19(9-3-1)31-23-11-6-13-25-29(23)30-24(31)12-7-14-26(30)32(25)20-16-17-28-22(18-20)21-10-4-5-15-27(21)33-28/h1-18H. The Kier molecular flexibility index (Phi) is 3.14. The van der Waals surface area contributed by atoms with Crippen molar-refractivity contribution in [2.75, 3.05) is 0 Å². The number of hydrogen-bond donors (Lipinski definition) is 0. The van der Waals surface area contributed by atoms with Gasteiger partial charge in [-0.2, -0.15) is 0 Å². The Hall–Kier alpha value is -4.50. The maximum Gasteiger partial charge on any atom is 0.135 e. The van der Waals surface area contributed by atoms with Gasteiger partial charge in [-0.3, -0.25) is 0 Å². The van der Waals surface area contributed by atoms with Crippen LogP contribution in [0.25, 0.3) is 66.2 Å². The van der Waals surface area contributed by atoms with Gasteiger partial charge in [0.2, 0.25) is 0 Å². The highest BCUT2D eigenvalue weighted by molar-refractivity contribution is 6.25. The Morgan fingerprint density at radius 2 is 1.00 bits per heavy atom. The third-order valence-electron chi connectivity index (χ3n) is 6.89. The summed E-state index contributed by atoms with van der Waals surface area (Å²) in [7, 11) is 0. The van der Waals surface area contributed by atoms with E-state index in [1.807, 2.05) is 12.1 Å². The van der Waals surface area contributed by atoms with Crippen molar-refractivity contribution in [3.8, 4) is 11.4 Å². The van der Waals surface area contributed by atoms with Crippen molar-refractivity contribution in [1.29, 1.82) is 0 Å². The van der Waals surface area contributed by atoms with Crippen molar-refractivity contribution in [3.05, 3.63) is 109 Å². The first kappa shape index (κ1) is 17.1. The maximum atomic E-state index is 6.08. The highest BCUT2D eigenvalue weighted by Crippen LogP contribution is 2.42. The Labute approximate surface area is 189 Å². The van der Waals surface area contributed by atoms with Gasteiger partial charge in [-0.15, -0.1) is 0 Å². The predicted octanol–water partition coefficient (Wildman–Crippen LogP) is 8.06. The van der Waals surface area contributed by atoms with E-state index in [9.17, 15) is 0 Å². The monoisotopic (exact) mass is 422 g/mol. The summed E-state index contributed by atoms with van der Waals surface area (Å²) in [5, 5.41) is 4.92. The van der Waals surface area contributed by atoms with E-state index in [1.54, 1.807) is 0 Å². The van der Waals surface area contributed by atoms with Crippen LogP contribution in [0.4, 0.5) is 0 Å². The van der Waals surface area contributed by atoms with Crippen LogP contribution in [0.1, 0.15) is 0 Å². The van der Waals surface area contributed by atoms with Gasteiger partial charge >= 0.3 is 0 Å². The molecule has 8 aromatic rings. The van der Waals surface area contributed by atoms with Gasteiger partial charge < -0.3 is 13.6 Å². The number of hydrogen-bond acceptors (Lipinski definition) is 1. The average molecular weight is 422 g/mol. The molecular weight excluding hydrogens is 404 g/mol. The second-order valence-corrected chi connectivity index (χ2v) is 8.63. The minimum Gasteiger partial charge on any atom is -0.456 e. The summed E-state index contributed by atoms with van der Waals surface area (Å²) in [6.45, 7) is 0. The molecule has 0 amide bonds. The molecule has 0 atom stereocenters. The van der Waals surface area contributed by atoms with Gasteiger partial charge in [-0.25, -0.2) is 0 Å². The summed E-state index contributed by atoms with van der Waals surface area (Å²) in [6.07, 6.45) is 0. The molecule has 0 saturated carbocycles. The van der Waals surface area contributed by atoms with Gasteiger partial charge in [0.25, 0.3) is 0 Å². The van der Waals surface area contributed by atoms with Gasteiger partial charge in [0.1, 0.15) is 11.2 Å². The molecule has 0 radical (unpaired) electrons. The molecule has 0 N–H and O–H groups in total. The molecular formula is C30H18N2O. The van der Waals surface area contributed by atoms with Crippen molar-refractivity contribution in [2.24, 2.45) is 0 Å². The van der Waals surface area contributed by atoms with E-state index < -0.39 is 0 Å². The fourth-order valence-corrected chi connectivity index (χ4v) is 5.56. The molecule has 0 fully saturated rings. The van der Waals surface area contributed by atoms with E-state index in [0.29, 0.717) is 0 Å². The van der Waals surface area contributed by atoms with Crippen molar-refractivity contribution in [3.63, 3.8) is 0 Å². The Balaban J connectivity index is 1.50. The summed E-state index contributed by atoms with van der Waals surface area (Å²) in [6, 6.07) is 38.6.